The molecular weight excluding hydrogens is 174 g/mol. The van der Waals surface area contributed by atoms with Crippen LogP contribution in [-0.2, 0) is 4.79 Å². The van der Waals surface area contributed by atoms with E-state index < -0.39 is 12.0 Å². The summed E-state index contributed by atoms with van der Waals surface area (Å²) in [5, 5.41) is 8.45. The molecule has 0 fully saturated rings. The number of hydrogen-bond acceptors (Lipinski definition) is 3. The third-order valence-electron chi connectivity index (χ3n) is 1.51. The SMILES string of the molecule is CCCCCSC[C@H](N)C(=O)O. The summed E-state index contributed by atoms with van der Waals surface area (Å²) in [6.07, 6.45) is 3.58. The summed E-state index contributed by atoms with van der Waals surface area (Å²) in [4.78, 5) is 10.3. The van der Waals surface area contributed by atoms with Crippen molar-refractivity contribution >= 4 is 17.7 Å². The fourth-order valence-corrected chi connectivity index (χ4v) is 1.71. The average Bonchev–Trinajstić information content (AvgIpc) is 2.03. The first-order valence-electron chi connectivity index (χ1n) is 4.24. The van der Waals surface area contributed by atoms with E-state index >= 15 is 0 Å². The number of carboxylic acids is 1. The lowest BCUT2D eigenvalue weighted by atomic mass is 10.3. The molecule has 0 aromatic heterocycles. The molecule has 0 heterocycles. The maximum atomic E-state index is 10.3. The Morgan fingerprint density at radius 2 is 2.25 bits per heavy atom. The van der Waals surface area contributed by atoms with Gasteiger partial charge in [-0.25, -0.2) is 0 Å². The maximum Gasteiger partial charge on any atom is 0.321 e. The van der Waals surface area contributed by atoms with Crippen LogP contribution in [0.3, 0.4) is 0 Å². The second-order valence-corrected chi connectivity index (χ2v) is 3.88. The van der Waals surface area contributed by atoms with Crippen molar-refractivity contribution in [3.8, 4) is 0 Å². The smallest absolute Gasteiger partial charge is 0.321 e. The molecule has 0 saturated heterocycles. The van der Waals surface area contributed by atoms with Gasteiger partial charge in [-0.2, -0.15) is 11.8 Å². The molecule has 3 nitrogen and oxygen atoms in total. The highest BCUT2D eigenvalue weighted by molar-refractivity contribution is 7.99. The number of thioether (sulfide) groups is 1. The van der Waals surface area contributed by atoms with Crippen molar-refractivity contribution in [2.75, 3.05) is 11.5 Å². The van der Waals surface area contributed by atoms with Gasteiger partial charge in [-0.1, -0.05) is 19.8 Å². The zero-order chi connectivity index (χ0) is 9.40. The molecule has 0 unspecified atom stereocenters. The predicted molar refractivity (Wildman–Crippen MR) is 52.5 cm³/mol. The van der Waals surface area contributed by atoms with Crippen molar-refractivity contribution in [2.24, 2.45) is 5.73 Å². The van der Waals surface area contributed by atoms with E-state index in [1.54, 1.807) is 11.8 Å². The average molecular weight is 191 g/mol. The molecular formula is C8H17NO2S. The van der Waals surface area contributed by atoms with E-state index in [4.69, 9.17) is 10.8 Å². The van der Waals surface area contributed by atoms with Gasteiger partial charge < -0.3 is 10.8 Å². The molecule has 0 bridgehead atoms. The van der Waals surface area contributed by atoms with Crippen LogP contribution in [0.2, 0.25) is 0 Å². The van der Waals surface area contributed by atoms with Gasteiger partial charge in [0, 0.05) is 5.75 Å². The summed E-state index contributed by atoms with van der Waals surface area (Å²) < 4.78 is 0. The summed E-state index contributed by atoms with van der Waals surface area (Å²) >= 11 is 1.62. The zero-order valence-electron chi connectivity index (χ0n) is 7.45. The van der Waals surface area contributed by atoms with Gasteiger partial charge in [0.05, 0.1) is 0 Å². The van der Waals surface area contributed by atoms with Crippen LogP contribution in [0.5, 0.6) is 0 Å². The van der Waals surface area contributed by atoms with Gasteiger partial charge in [-0.15, -0.1) is 0 Å². The number of unbranched alkanes of at least 4 members (excludes halogenated alkanes) is 2. The minimum Gasteiger partial charge on any atom is -0.480 e. The van der Waals surface area contributed by atoms with Crippen LogP contribution in [0.1, 0.15) is 26.2 Å². The molecule has 0 spiro atoms. The van der Waals surface area contributed by atoms with E-state index in [1.807, 2.05) is 0 Å². The van der Waals surface area contributed by atoms with Crippen LogP contribution in [0.25, 0.3) is 0 Å². The molecule has 0 amide bonds. The molecule has 0 aromatic carbocycles. The van der Waals surface area contributed by atoms with Gasteiger partial charge in [-0.05, 0) is 12.2 Å². The minimum absolute atomic E-state index is 0.527. The zero-order valence-corrected chi connectivity index (χ0v) is 8.27. The Labute approximate surface area is 77.7 Å². The van der Waals surface area contributed by atoms with Gasteiger partial charge in [-0.3, -0.25) is 4.79 Å². The van der Waals surface area contributed by atoms with Crippen LogP contribution in [-0.4, -0.2) is 28.6 Å². The second kappa shape index (κ2) is 7.43. The third-order valence-corrected chi connectivity index (χ3v) is 2.68. The van der Waals surface area contributed by atoms with Crippen molar-refractivity contribution in [1.29, 1.82) is 0 Å². The molecule has 0 aromatic rings. The van der Waals surface area contributed by atoms with E-state index in [1.165, 1.54) is 12.8 Å². The summed E-state index contributed by atoms with van der Waals surface area (Å²) in [5.74, 6) is 0.645. The van der Waals surface area contributed by atoms with Gasteiger partial charge in [0.1, 0.15) is 6.04 Å². The Hall–Kier alpha value is -0.220. The first-order valence-corrected chi connectivity index (χ1v) is 5.40. The predicted octanol–water partition coefficient (Wildman–Crippen LogP) is 1.32. The quantitative estimate of drug-likeness (QED) is 0.596. The molecule has 72 valence electrons. The molecule has 0 saturated carbocycles. The van der Waals surface area contributed by atoms with Crippen LogP contribution in [0, 0.1) is 0 Å². The normalized spacial score (nSPS) is 12.8. The molecule has 12 heavy (non-hydrogen) atoms. The van der Waals surface area contributed by atoms with Crippen molar-refractivity contribution < 1.29 is 9.90 Å². The molecule has 0 rings (SSSR count). The van der Waals surface area contributed by atoms with Crippen molar-refractivity contribution in [3.05, 3.63) is 0 Å². The van der Waals surface area contributed by atoms with E-state index in [0.29, 0.717) is 5.75 Å². The van der Waals surface area contributed by atoms with Crippen LogP contribution in [0.4, 0.5) is 0 Å². The molecule has 0 aliphatic rings. The Bertz CT molecular complexity index is 130. The lowest BCUT2D eigenvalue weighted by Crippen LogP contribution is -2.32. The van der Waals surface area contributed by atoms with E-state index in [-0.39, 0.29) is 0 Å². The van der Waals surface area contributed by atoms with E-state index in [9.17, 15) is 4.79 Å². The Morgan fingerprint density at radius 3 is 2.75 bits per heavy atom. The Kier molecular flexibility index (Phi) is 7.29. The summed E-state index contributed by atoms with van der Waals surface area (Å²) in [6, 6.07) is -0.698. The highest BCUT2D eigenvalue weighted by atomic mass is 32.2. The van der Waals surface area contributed by atoms with E-state index in [2.05, 4.69) is 6.92 Å². The Balaban J connectivity index is 3.14. The number of hydrogen-bond donors (Lipinski definition) is 2. The standard InChI is InChI=1S/C8H17NO2S/c1-2-3-4-5-12-6-7(9)8(10)11/h7H,2-6,9H2,1H3,(H,10,11)/t7-/m0/s1. The lowest BCUT2D eigenvalue weighted by Gasteiger charge is -2.04. The van der Waals surface area contributed by atoms with Crippen LogP contribution in [0.15, 0.2) is 0 Å². The fourth-order valence-electron chi connectivity index (χ4n) is 0.736. The van der Waals surface area contributed by atoms with Crippen LogP contribution < -0.4 is 5.73 Å². The monoisotopic (exact) mass is 191 g/mol. The Morgan fingerprint density at radius 1 is 1.58 bits per heavy atom. The highest BCUT2D eigenvalue weighted by Crippen LogP contribution is 2.06. The largest absolute Gasteiger partial charge is 0.480 e. The number of rotatable bonds is 7. The molecule has 3 N–H and O–H groups in total. The third kappa shape index (κ3) is 6.49. The topological polar surface area (TPSA) is 63.3 Å². The summed E-state index contributed by atoms with van der Waals surface area (Å²) in [5.41, 5.74) is 5.31. The maximum absolute atomic E-state index is 10.3. The molecule has 1 atom stereocenters. The summed E-state index contributed by atoms with van der Waals surface area (Å²) in [7, 11) is 0. The number of carbonyl (C=O) groups is 1. The minimum atomic E-state index is -0.905. The first kappa shape index (κ1) is 11.8. The molecule has 0 aliphatic heterocycles. The molecule has 4 heteroatoms. The van der Waals surface area contributed by atoms with Crippen molar-refractivity contribution in [3.63, 3.8) is 0 Å². The molecule has 0 aliphatic carbocycles. The van der Waals surface area contributed by atoms with Gasteiger partial charge in [0.15, 0.2) is 0 Å². The van der Waals surface area contributed by atoms with E-state index in [0.717, 1.165) is 12.2 Å². The second-order valence-electron chi connectivity index (χ2n) is 2.73. The van der Waals surface area contributed by atoms with Gasteiger partial charge in [0.25, 0.3) is 0 Å². The number of aliphatic carboxylic acids is 1. The first-order chi connectivity index (χ1) is 5.68. The fraction of sp³-hybridized carbons (Fsp3) is 0.875. The number of carboxylic acid groups (broad SMARTS) is 1. The molecule has 0 radical (unpaired) electrons. The summed E-state index contributed by atoms with van der Waals surface area (Å²) in [6.45, 7) is 2.15. The lowest BCUT2D eigenvalue weighted by molar-refractivity contribution is -0.137. The highest BCUT2D eigenvalue weighted by Gasteiger charge is 2.09. The van der Waals surface area contributed by atoms with Crippen molar-refractivity contribution in [2.45, 2.75) is 32.2 Å². The number of nitrogens with two attached hydrogens (primary N) is 1. The van der Waals surface area contributed by atoms with Crippen LogP contribution >= 0.6 is 11.8 Å². The van der Waals surface area contributed by atoms with Gasteiger partial charge in [0.2, 0.25) is 0 Å². The van der Waals surface area contributed by atoms with Crippen molar-refractivity contribution in [1.82, 2.24) is 0 Å². The van der Waals surface area contributed by atoms with Gasteiger partial charge >= 0.3 is 5.97 Å².